The summed E-state index contributed by atoms with van der Waals surface area (Å²) in [6, 6.07) is 7.05. The normalized spacial score (nSPS) is 10.2. The molecule has 1 aromatic carbocycles. The number of carbonyl (C=O) groups excluding carboxylic acids is 2. The van der Waals surface area contributed by atoms with Gasteiger partial charge in [-0.3, -0.25) is 4.89 Å². The summed E-state index contributed by atoms with van der Waals surface area (Å²) >= 11 is 0. The maximum Gasteiger partial charge on any atom is 0.543 e. The molecule has 23 heavy (non-hydrogen) atoms. The Kier molecular flexibility index (Phi) is 9.47. The Hall–Kier alpha value is -2.08. The first kappa shape index (κ1) is 19.0. The molecule has 0 saturated heterocycles. The Morgan fingerprint density at radius 1 is 0.913 bits per heavy atom. The van der Waals surface area contributed by atoms with Gasteiger partial charge >= 0.3 is 12.1 Å². The van der Waals surface area contributed by atoms with Crippen molar-refractivity contribution in [2.45, 2.75) is 52.4 Å². The zero-order chi connectivity index (χ0) is 16.9. The highest BCUT2D eigenvalue weighted by Crippen LogP contribution is 2.10. The van der Waals surface area contributed by atoms with Crippen LogP contribution in [0.2, 0.25) is 0 Å². The minimum atomic E-state index is -1.05. The van der Waals surface area contributed by atoms with E-state index in [1.54, 1.807) is 12.1 Å². The van der Waals surface area contributed by atoms with Crippen LogP contribution >= 0.6 is 0 Å². The van der Waals surface area contributed by atoms with E-state index in [1.807, 2.05) is 19.1 Å². The van der Waals surface area contributed by atoms with Crippen LogP contribution in [0.3, 0.4) is 0 Å². The monoisotopic (exact) mass is 324 g/mol. The van der Waals surface area contributed by atoms with Gasteiger partial charge in [-0.2, -0.15) is 0 Å². The Balaban J connectivity index is 2.29. The fraction of sp³-hybridized carbons (Fsp3) is 0.529. The third kappa shape index (κ3) is 8.21. The lowest BCUT2D eigenvalue weighted by molar-refractivity contribution is -0.452. The Labute approximate surface area is 136 Å². The van der Waals surface area contributed by atoms with E-state index in [-0.39, 0.29) is 6.61 Å². The molecule has 0 N–H and O–H groups in total. The van der Waals surface area contributed by atoms with Crippen molar-refractivity contribution < 1.29 is 29.1 Å². The van der Waals surface area contributed by atoms with Gasteiger partial charge < -0.3 is 4.74 Å². The smallest absolute Gasteiger partial charge is 0.432 e. The molecule has 6 nitrogen and oxygen atoms in total. The average molecular weight is 324 g/mol. The van der Waals surface area contributed by atoms with E-state index < -0.39 is 12.1 Å². The number of ether oxygens (including phenoxy) is 1. The van der Waals surface area contributed by atoms with Crippen molar-refractivity contribution in [2.24, 2.45) is 0 Å². The number of hydrogen-bond acceptors (Lipinski definition) is 6. The minimum Gasteiger partial charge on any atom is -0.432 e. The Morgan fingerprint density at radius 2 is 1.65 bits per heavy atom. The maximum absolute atomic E-state index is 11.7. The maximum atomic E-state index is 11.7. The highest BCUT2D eigenvalue weighted by Gasteiger charge is 2.11. The van der Waals surface area contributed by atoms with Crippen LogP contribution < -0.4 is 0 Å². The lowest BCUT2D eigenvalue weighted by atomic mass is 10.0. The number of rotatable bonds is 10. The van der Waals surface area contributed by atoms with Crippen LogP contribution in [-0.4, -0.2) is 18.7 Å². The Morgan fingerprint density at radius 3 is 2.30 bits per heavy atom. The molecule has 128 valence electrons. The molecule has 1 rings (SSSR count). The molecule has 0 aromatic heterocycles. The summed E-state index contributed by atoms with van der Waals surface area (Å²) in [5.41, 5.74) is 1.48. The lowest BCUT2D eigenvalue weighted by Crippen LogP contribution is -2.12. The highest BCUT2D eigenvalue weighted by molar-refractivity contribution is 5.88. The van der Waals surface area contributed by atoms with Crippen molar-refractivity contribution in [3.8, 4) is 0 Å². The first-order valence-electron chi connectivity index (χ1n) is 7.98. The largest absolute Gasteiger partial charge is 0.543 e. The molecule has 0 atom stereocenters. The fourth-order valence-corrected chi connectivity index (χ4v) is 1.90. The van der Waals surface area contributed by atoms with E-state index in [1.165, 1.54) is 19.3 Å². The Bertz CT molecular complexity index is 468. The van der Waals surface area contributed by atoms with E-state index >= 15 is 0 Å². The first-order valence-corrected chi connectivity index (χ1v) is 7.98. The zero-order valence-corrected chi connectivity index (χ0v) is 13.7. The number of benzene rings is 1. The second-order valence-electron chi connectivity index (χ2n) is 5.13. The number of hydrogen-bond donors (Lipinski definition) is 0. The summed E-state index contributed by atoms with van der Waals surface area (Å²) in [7, 11) is 0. The lowest BCUT2D eigenvalue weighted by Gasteiger charge is -2.04. The number of aryl methyl sites for hydroxylation is 1. The van der Waals surface area contributed by atoms with Gasteiger partial charge in [0, 0.05) is 0 Å². The third-order valence-corrected chi connectivity index (χ3v) is 3.14. The molecular weight excluding hydrogens is 300 g/mol. The van der Waals surface area contributed by atoms with E-state index in [0.29, 0.717) is 12.0 Å². The van der Waals surface area contributed by atoms with Gasteiger partial charge in [0.05, 0.1) is 17.2 Å². The molecule has 0 radical (unpaired) electrons. The molecule has 0 aliphatic rings. The van der Waals surface area contributed by atoms with Gasteiger partial charge in [0.25, 0.3) is 0 Å². The van der Waals surface area contributed by atoms with Crippen molar-refractivity contribution in [1.82, 2.24) is 0 Å². The van der Waals surface area contributed by atoms with Crippen LogP contribution in [0.1, 0.15) is 61.9 Å². The van der Waals surface area contributed by atoms with E-state index in [4.69, 9.17) is 0 Å². The molecule has 0 aliphatic heterocycles. The zero-order valence-electron chi connectivity index (χ0n) is 13.7. The molecular formula is C17H24O6. The van der Waals surface area contributed by atoms with Gasteiger partial charge in [0.15, 0.2) is 0 Å². The average Bonchev–Trinajstić information content (AvgIpc) is 2.57. The van der Waals surface area contributed by atoms with Crippen LogP contribution in [0, 0.1) is 0 Å². The summed E-state index contributed by atoms with van der Waals surface area (Å²) in [6.45, 7) is 4.22. The van der Waals surface area contributed by atoms with Gasteiger partial charge in [-0.25, -0.2) is 14.5 Å². The van der Waals surface area contributed by atoms with Crippen LogP contribution in [0.5, 0.6) is 0 Å². The third-order valence-electron chi connectivity index (χ3n) is 3.14. The van der Waals surface area contributed by atoms with Crippen molar-refractivity contribution in [1.29, 1.82) is 0 Å². The number of unbranched alkanes of at least 4 members (excludes halogenated alkanes) is 3. The van der Waals surface area contributed by atoms with Gasteiger partial charge in [0.1, 0.15) is 0 Å². The van der Waals surface area contributed by atoms with Crippen molar-refractivity contribution in [3.05, 3.63) is 35.4 Å². The predicted molar refractivity (Wildman–Crippen MR) is 83.5 cm³/mol. The molecule has 0 unspecified atom stereocenters. The van der Waals surface area contributed by atoms with Crippen molar-refractivity contribution >= 4 is 12.1 Å². The SMILES string of the molecule is CCCCCCc1ccc(C(=O)OOOC(=O)OCCC)cc1. The van der Waals surface area contributed by atoms with Crippen molar-refractivity contribution in [3.63, 3.8) is 0 Å². The molecule has 0 amide bonds. The molecule has 0 fully saturated rings. The summed E-state index contributed by atoms with van der Waals surface area (Å²) in [6.07, 6.45) is 5.37. The topological polar surface area (TPSA) is 71.1 Å². The van der Waals surface area contributed by atoms with Crippen LogP contribution in [0.15, 0.2) is 24.3 Å². The van der Waals surface area contributed by atoms with Crippen LogP contribution in [0.25, 0.3) is 0 Å². The van der Waals surface area contributed by atoms with E-state index in [0.717, 1.165) is 18.4 Å². The van der Waals surface area contributed by atoms with Gasteiger partial charge in [-0.15, -0.1) is 0 Å². The van der Waals surface area contributed by atoms with Gasteiger partial charge in [-0.05, 0) is 37.0 Å². The highest BCUT2D eigenvalue weighted by atomic mass is 17.5. The second-order valence-corrected chi connectivity index (χ2v) is 5.13. The summed E-state index contributed by atoms with van der Waals surface area (Å²) in [5.74, 6) is -0.745. The standard InChI is InChI=1S/C17H24O6/c1-3-5-6-7-8-14-9-11-15(12-10-14)16(18)21-23-22-17(19)20-13-4-2/h9-12H,3-8,13H2,1-2H3. The van der Waals surface area contributed by atoms with Crippen LogP contribution in [-0.2, 0) is 26.0 Å². The van der Waals surface area contributed by atoms with Gasteiger partial charge in [-0.1, -0.05) is 45.2 Å². The summed E-state index contributed by atoms with van der Waals surface area (Å²) in [5, 5.41) is 4.11. The minimum absolute atomic E-state index is 0.204. The molecule has 1 aromatic rings. The molecule has 0 heterocycles. The molecule has 6 heteroatoms. The summed E-state index contributed by atoms with van der Waals surface area (Å²) < 4.78 is 4.57. The number of carbonyl (C=O) groups is 2. The predicted octanol–water partition coefficient (Wildman–Crippen LogP) is 4.38. The second kappa shape index (κ2) is 11.5. The van der Waals surface area contributed by atoms with E-state index in [9.17, 15) is 9.59 Å². The van der Waals surface area contributed by atoms with E-state index in [2.05, 4.69) is 26.5 Å². The summed E-state index contributed by atoms with van der Waals surface area (Å²) in [4.78, 5) is 31.1. The van der Waals surface area contributed by atoms with Crippen molar-refractivity contribution in [2.75, 3.05) is 6.61 Å². The molecule has 0 aliphatic carbocycles. The first-order chi connectivity index (χ1) is 11.2. The molecule has 0 bridgehead atoms. The van der Waals surface area contributed by atoms with Gasteiger partial charge in [0.2, 0.25) is 0 Å². The molecule has 0 saturated carbocycles. The van der Waals surface area contributed by atoms with Crippen LogP contribution in [0.4, 0.5) is 4.79 Å². The quantitative estimate of drug-likeness (QED) is 0.275. The molecule has 0 spiro atoms. The fourth-order valence-electron chi connectivity index (χ4n) is 1.90.